The number of hydrogen-bond acceptors (Lipinski definition) is 14. The van der Waals surface area contributed by atoms with Gasteiger partial charge in [-0.3, -0.25) is 23.7 Å². The van der Waals surface area contributed by atoms with Crippen LogP contribution in [0.4, 0.5) is 5.69 Å². The maximum atomic E-state index is 15.7. The third-order valence-corrected chi connectivity index (χ3v) is 16.0. The summed E-state index contributed by atoms with van der Waals surface area (Å²) in [6, 6.07) is 9.30. The third kappa shape index (κ3) is 10.1. The Labute approximate surface area is 388 Å². The van der Waals surface area contributed by atoms with Crippen LogP contribution >= 0.6 is 0 Å². The second kappa shape index (κ2) is 18.0. The Hall–Kier alpha value is -5.26. The molecule has 3 aromatic rings. The van der Waals surface area contributed by atoms with Crippen molar-refractivity contribution in [2.75, 3.05) is 24.2 Å². The molecule has 0 aliphatic carbocycles. The highest BCUT2D eigenvalue weighted by Crippen LogP contribution is 2.52. The lowest BCUT2D eigenvalue weighted by Crippen LogP contribution is -2.40. The molecule has 2 unspecified atom stereocenters. The molecule has 0 radical (unpaired) electrons. The standard InChI is InChI=1S/C45H54N4O15S3/c1-25-23-44(3,4)46-37-29(25)21-31-36(27-13-9-10-14-28(27)43(53)54)32-22-30-26(2)24-45(5,6)47-38(30)42(67(60,61)62)40(32)63-39(31)41(37)66(58,59)48(19-12-20-65(55,56)57)18-11-7-8-15-35(52)64-49-33(50)16-17-34(49)51/h9-10,13-14,21-22,25-26,46H,7-8,11-12,15-20,23-24H2,1-6H3,(H,53,54)(H,55,56,57)(H,60,61,62). The van der Waals surface area contributed by atoms with Crippen LogP contribution in [0, 0.1) is 0 Å². The summed E-state index contributed by atoms with van der Waals surface area (Å²) in [5.41, 5.74) is -0.444. The van der Waals surface area contributed by atoms with Gasteiger partial charge in [0.1, 0.15) is 4.90 Å². The molecular formula is C45H54N4O15S3. The highest BCUT2D eigenvalue weighted by atomic mass is 32.2. The Bertz CT molecular complexity index is 3060. The zero-order valence-corrected chi connectivity index (χ0v) is 40.4. The number of nitrogens with one attached hydrogen (secondary N) is 1. The second-order valence-corrected chi connectivity index (χ2v) is 23.7. The van der Waals surface area contributed by atoms with Gasteiger partial charge in [-0.05, 0) is 107 Å². The number of hydrogen-bond donors (Lipinski definition) is 4. The van der Waals surface area contributed by atoms with Crippen molar-refractivity contribution in [3.05, 3.63) is 74.8 Å². The normalized spacial score (nSPS) is 19.7. The van der Waals surface area contributed by atoms with Gasteiger partial charge in [-0.2, -0.15) is 21.1 Å². The Morgan fingerprint density at radius 3 is 2.13 bits per heavy atom. The number of rotatable bonds is 16. The molecule has 3 aromatic carbocycles. The summed E-state index contributed by atoms with van der Waals surface area (Å²) in [6.07, 6.45) is 0.668. The number of ether oxygens (including phenoxy) is 1. The van der Waals surface area contributed by atoms with Gasteiger partial charge < -0.3 is 20.0 Å². The van der Waals surface area contributed by atoms with Crippen LogP contribution in [-0.2, 0) is 49.5 Å². The van der Waals surface area contributed by atoms with E-state index in [2.05, 4.69) is 5.32 Å². The smallest absolute Gasteiger partial charge is 0.336 e. The highest BCUT2D eigenvalue weighted by molar-refractivity contribution is 7.89. The predicted octanol–water partition coefficient (Wildman–Crippen LogP) is 5.02. The number of amides is 2. The topological polar surface area (TPSA) is 281 Å². The Morgan fingerprint density at radius 1 is 0.851 bits per heavy atom. The average molecular weight is 987 g/mol. The molecule has 67 heavy (non-hydrogen) atoms. The molecular weight excluding hydrogens is 933 g/mol. The SMILES string of the molecule is CC1CC(C)(C)Nc2c1cc1c(c2S(=O)(=O)N(CCCCCC(=O)ON2C(=O)CCC2=O)CCCS(=O)(=O)O)Oc2c(S(=O)(=O)O)c3c(cc2=C1c1ccccc1C(=O)O)C(C)CC(C)(C)N=3. The molecule has 22 heteroatoms. The molecule has 0 bridgehead atoms. The summed E-state index contributed by atoms with van der Waals surface area (Å²) in [6.45, 7) is 10.4. The number of anilines is 1. The van der Waals surface area contributed by atoms with Crippen molar-refractivity contribution in [2.24, 2.45) is 4.99 Å². The maximum absolute atomic E-state index is 15.7. The van der Waals surface area contributed by atoms with E-state index in [0.717, 1.165) is 4.31 Å². The van der Waals surface area contributed by atoms with E-state index >= 15 is 8.42 Å². The van der Waals surface area contributed by atoms with Crippen LogP contribution in [0.3, 0.4) is 0 Å². The van der Waals surface area contributed by atoms with Crippen molar-refractivity contribution in [2.45, 2.75) is 132 Å². The number of hydroxylamine groups is 2. The van der Waals surface area contributed by atoms with E-state index in [9.17, 15) is 50.2 Å². The van der Waals surface area contributed by atoms with Gasteiger partial charge in [0.05, 0.1) is 27.9 Å². The molecule has 4 N–H and O–H groups in total. The van der Waals surface area contributed by atoms with Gasteiger partial charge in [-0.25, -0.2) is 18.0 Å². The molecule has 362 valence electrons. The van der Waals surface area contributed by atoms with Gasteiger partial charge in [0.15, 0.2) is 16.4 Å². The summed E-state index contributed by atoms with van der Waals surface area (Å²) >= 11 is 0. The molecule has 7 rings (SSSR count). The number of nitrogens with zero attached hydrogens (tertiary/aromatic N) is 3. The summed E-state index contributed by atoms with van der Waals surface area (Å²) in [4.78, 5) is 57.9. The van der Waals surface area contributed by atoms with E-state index in [0.29, 0.717) is 29.0 Å². The minimum atomic E-state index is -5.24. The number of benzene rings is 3. The molecule has 0 spiro atoms. The molecule has 0 aromatic heterocycles. The summed E-state index contributed by atoms with van der Waals surface area (Å²) in [5, 5.41) is 14.3. The largest absolute Gasteiger partial charge is 0.478 e. The van der Waals surface area contributed by atoms with E-state index in [4.69, 9.17) is 14.6 Å². The fourth-order valence-electron chi connectivity index (χ4n) is 9.72. The first-order valence-electron chi connectivity index (χ1n) is 21.9. The predicted molar refractivity (Wildman–Crippen MR) is 242 cm³/mol. The minimum absolute atomic E-state index is 0.0661. The first-order valence-corrected chi connectivity index (χ1v) is 26.4. The Kier molecular flexibility index (Phi) is 13.3. The fourth-order valence-corrected chi connectivity index (χ4v) is 12.8. The van der Waals surface area contributed by atoms with Crippen LogP contribution in [0.25, 0.3) is 5.57 Å². The van der Waals surface area contributed by atoms with Gasteiger partial charge >= 0.3 is 11.9 Å². The summed E-state index contributed by atoms with van der Waals surface area (Å²) < 4.78 is 111. The Balaban J connectivity index is 1.45. The highest BCUT2D eigenvalue weighted by Gasteiger charge is 2.44. The van der Waals surface area contributed by atoms with Crippen molar-refractivity contribution in [3.63, 3.8) is 0 Å². The quantitative estimate of drug-likeness (QED) is 0.0651. The van der Waals surface area contributed by atoms with E-state index < -0.39 is 98.7 Å². The van der Waals surface area contributed by atoms with Crippen LogP contribution in [0.5, 0.6) is 11.5 Å². The lowest BCUT2D eigenvalue weighted by atomic mass is 9.79. The van der Waals surface area contributed by atoms with Crippen LogP contribution in [0.2, 0.25) is 0 Å². The summed E-state index contributed by atoms with van der Waals surface area (Å²) in [5.74, 6) is -5.83. The molecule has 4 heterocycles. The van der Waals surface area contributed by atoms with E-state index in [1.54, 1.807) is 32.0 Å². The number of unbranched alkanes of at least 4 members (excludes halogenated alkanes) is 2. The fraction of sp³-hybridized carbons (Fsp3) is 0.489. The number of carboxylic acids is 1. The molecule has 2 amide bonds. The van der Waals surface area contributed by atoms with Crippen LogP contribution in [0.1, 0.15) is 144 Å². The number of carbonyl (C=O) groups is 4. The van der Waals surface area contributed by atoms with Gasteiger partial charge in [0.2, 0.25) is 10.0 Å². The Morgan fingerprint density at radius 2 is 1.49 bits per heavy atom. The van der Waals surface area contributed by atoms with Crippen molar-refractivity contribution in [3.8, 4) is 11.5 Å². The number of sulfonamides is 1. The monoisotopic (exact) mass is 986 g/mol. The first kappa shape index (κ1) is 49.6. The minimum Gasteiger partial charge on any atom is -0.478 e. The molecule has 0 saturated carbocycles. The molecule has 19 nitrogen and oxygen atoms in total. The number of carbonyl (C=O) groups excluding carboxylic acids is 3. The zero-order chi connectivity index (χ0) is 49.2. The summed E-state index contributed by atoms with van der Waals surface area (Å²) in [7, 11) is -14.7. The van der Waals surface area contributed by atoms with Crippen LogP contribution in [-0.4, -0.2) is 103 Å². The second-order valence-electron chi connectivity index (χ2n) is 18.9. The van der Waals surface area contributed by atoms with Crippen molar-refractivity contribution >= 4 is 65.3 Å². The van der Waals surface area contributed by atoms with E-state index in [1.165, 1.54) is 18.2 Å². The number of aromatic carboxylic acids is 1. The lowest BCUT2D eigenvalue weighted by molar-refractivity contribution is -0.197. The molecule has 1 fully saturated rings. The van der Waals surface area contributed by atoms with Gasteiger partial charge in [0, 0.05) is 54.2 Å². The van der Waals surface area contributed by atoms with Crippen molar-refractivity contribution in [1.29, 1.82) is 0 Å². The zero-order valence-electron chi connectivity index (χ0n) is 37.9. The van der Waals surface area contributed by atoms with Crippen LogP contribution in [0.15, 0.2) is 51.2 Å². The molecule has 4 aliphatic rings. The van der Waals surface area contributed by atoms with Crippen molar-refractivity contribution < 1.29 is 68.2 Å². The van der Waals surface area contributed by atoms with Crippen LogP contribution < -0.4 is 20.6 Å². The number of fused-ring (bicyclic) bond motifs is 4. The number of carboxylic acid groups (broad SMARTS) is 1. The number of imide groups is 1. The van der Waals surface area contributed by atoms with Gasteiger partial charge in [-0.15, -0.1) is 5.06 Å². The maximum Gasteiger partial charge on any atom is 0.336 e. The molecule has 2 atom stereocenters. The van der Waals surface area contributed by atoms with Gasteiger partial charge in [-0.1, -0.05) is 38.5 Å². The molecule has 1 saturated heterocycles. The van der Waals surface area contributed by atoms with E-state index in [-0.39, 0.29) is 102 Å². The first-order chi connectivity index (χ1) is 31.1. The van der Waals surface area contributed by atoms with Gasteiger partial charge in [0.25, 0.3) is 32.1 Å². The third-order valence-electron chi connectivity index (χ3n) is 12.4. The lowest BCUT2D eigenvalue weighted by Gasteiger charge is -2.40. The molecule has 4 aliphatic heterocycles. The average Bonchev–Trinajstić information content (AvgIpc) is 3.51. The van der Waals surface area contributed by atoms with E-state index in [1.807, 2.05) is 27.7 Å². The van der Waals surface area contributed by atoms with Crippen molar-refractivity contribution in [1.82, 2.24) is 9.37 Å².